The number of thiocarbonyl (C=S) groups is 1. The second-order valence-corrected chi connectivity index (χ2v) is 5.36. The predicted molar refractivity (Wildman–Crippen MR) is 51.4 cm³/mol. The molecule has 1 atom stereocenters. The van der Waals surface area contributed by atoms with Gasteiger partial charge in [0, 0.05) is 11.8 Å². The Morgan fingerprint density at radius 3 is 2.40 bits per heavy atom. The van der Waals surface area contributed by atoms with Crippen LogP contribution in [0.2, 0.25) is 0 Å². The first kappa shape index (κ1) is 8.34. The van der Waals surface area contributed by atoms with Crippen molar-refractivity contribution in [2.24, 2.45) is 5.41 Å². The average Bonchev–Trinajstić information content (AvgIpc) is 2.11. The maximum absolute atomic E-state index is 5.02. The molecule has 0 bridgehead atoms. The van der Waals surface area contributed by atoms with Gasteiger partial charge in [0.05, 0.1) is 0 Å². The van der Waals surface area contributed by atoms with Crippen molar-refractivity contribution < 1.29 is 0 Å². The highest BCUT2D eigenvalue weighted by Crippen LogP contribution is 2.27. The molecule has 1 unspecified atom stereocenters. The van der Waals surface area contributed by atoms with Crippen LogP contribution in [-0.4, -0.2) is 16.1 Å². The Labute approximate surface area is 72.0 Å². The van der Waals surface area contributed by atoms with E-state index in [0.29, 0.717) is 11.5 Å². The number of hydrogen-bond donors (Lipinski definition) is 1. The summed E-state index contributed by atoms with van der Waals surface area (Å²) in [5.74, 6) is 1.13. The summed E-state index contributed by atoms with van der Waals surface area (Å²) in [5.41, 5.74) is 0.341. The van der Waals surface area contributed by atoms with E-state index in [-0.39, 0.29) is 0 Å². The van der Waals surface area contributed by atoms with Gasteiger partial charge in [-0.3, -0.25) is 0 Å². The van der Waals surface area contributed by atoms with E-state index in [9.17, 15) is 0 Å². The molecule has 0 saturated carbocycles. The lowest BCUT2D eigenvalue weighted by Gasteiger charge is -2.25. The molecule has 1 heterocycles. The molecule has 1 nitrogen and oxygen atoms in total. The van der Waals surface area contributed by atoms with Crippen LogP contribution in [0.4, 0.5) is 0 Å². The smallest absolute Gasteiger partial charge is 0.134 e. The zero-order valence-corrected chi connectivity index (χ0v) is 8.23. The molecule has 1 N–H and O–H groups in total. The monoisotopic (exact) mass is 175 g/mol. The molecule has 0 aliphatic carbocycles. The van der Waals surface area contributed by atoms with Crippen LogP contribution in [0.5, 0.6) is 0 Å². The Hall–Kier alpha value is 0.240. The molecular formula is C7H13NS2. The Kier molecular flexibility index (Phi) is 2.25. The molecule has 10 heavy (non-hydrogen) atoms. The molecule has 1 aliphatic rings. The Bertz CT molecular complexity index is 148. The molecule has 0 radical (unpaired) electrons. The van der Waals surface area contributed by atoms with Crippen molar-refractivity contribution in [3.8, 4) is 0 Å². The third-order valence-corrected chi connectivity index (χ3v) is 3.07. The third kappa shape index (κ3) is 1.86. The van der Waals surface area contributed by atoms with Crippen molar-refractivity contribution in [3.05, 3.63) is 0 Å². The summed E-state index contributed by atoms with van der Waals surface area (Å²) in [6.45, 7) is 6.71. The highest BCUT2D eigenvalue weighted by atomic mass is 32.2. The minimum absolute atomic E-state index is 0.341. The molecule has 0 spiro atoms. The minimum Gasteiger partial charge on any atom is -0.367 e. The summed E-state index contributed by atoms with van der Waals surface area (Å²) >= 11 is 6.77. The second kappa shape index (κ2) is 2.70. The number of thioether (sulfide) groups is 1. The fourth-order valence-corrected chi connectivity index (χ4v) is 2.32. The largest absolute Gasteiger partial charge is 0.367 e. The zero-order valence-electron chi connectivity index (χ0n) is 6.60. The van der Waals surface area contributed by atoms with Gasteiger partial charge in [0.1, 0.15) is 4.32 Å². The van der Waals surface area contributed by atoms with E-state index >= 15 is 0 Å². The first-order valence-electron chi connectivity index (χ1n) is 3.43. The van der Waals surface area contributed by atoms with E-state index in [1.54, 1.807) is 11.8 Å². The van der Waals surface area contributed by atoms with Crippen LogP contribution >= 0.6 is 24.0 Å². The topological polar surface area (TPSA) is 12.0 Å². The Balaban J connectivity index is 2.53. The average molecular weight is 175 g/mol. The van der Waals surface area contributed by atoms with E-state index in [4.69, 9.17) is 12.2 Å². The van der Waals surface area contributed by atoms with E-state index in [2.05, 4.69) is 26.1 Å². The van der Waals surface area contributed by atoms with Crippen molar-refractivity contribution in [1.29, 1.82) is 0 Å². The van der Waals surface area contributed by atoms with Gasteiger partial charge in [-0.15, -0.1) is 0 Å². The summed E-state index contributed by atoms with van der Waals surface area (Å²) in [6.07, 6.45) is 0. The van der Waals surface area contributed by atoms with Crippen LogP contribution in [-0.2, 0) is 0 Å². The molecule has 0 aromatic rings. The van der Waals surface area contributed by atoms with Crippen LogP contribution in [0.3, 0.4) is 0 Å². The van der Waals surface area contributed by atoms with E-state index in [1.807, 2.05) is 0 Å². The fraction of sp³-hybridized carbons (Fsp3) is 0.857. The van der Waals surface area contributed by atoms with E-state index in [1.165, 1.54) is 0 Å². The van der Waals surface area contributed by atoms with Gasteiger partial charge in [0.2, 0.25) is 0 Å². The van der Waals surface area contributed by atoms with Gasteiger partial charge in [-0.2, -0.15) is 0 Å². The van der Waals surface area contributed by atoms with Crippen LogP contribution in [0.25, 0.3) is 0 Å². The molecule has 3 heteroatoms. The van der Waals surface area contributed by atoms with Crippen molar-refractivity contribution >= 4 is 28.3 Å². The SMILES string of the molecule is CC(C)(C)C1CSC(=S)N1. The van der Waals surface area contributed by atoms with Crippen LogP contribution in [0, 0.1) is 5.41 Å². The van der Waals surface area contributed by atoms with Crippen molar-refractivity contribution in [2.45, 2.75) is 26.8 Å². The van der Waals surface area contributed by atoms with Gasteiger partial charge >= 0.3 is 0 Å². The molecule has 1 saturated heterocycles. The molecule has 1 rings (SSSR count). The standard InChI is InChI=1S/C7H13NS2/c1-7(2,3)5-4-10-6(9)8-5/h5H,4H2,1-3H3,(H,8,9). The maximum Gasteiger partial charge on any atom is 0.134 e. The van der Waals surface area contributed by atoms with Gasteiger partial charge in [0.25, 0.3) is 0 Å². The van der Waals surface area contributed by atoms with Gasteiger partial charge in [-0.1, -0.05) is 44.8 Å². The first-order valence-corrected chi connectivity index (χ1v) is 4.83. The van der Waals surface area contributed by atoms with E-state index < -0.39 is 0 Å². The molecule has 1 aliphatic heterocycles. The summed E-state index contributed by atoms with van der Waals surface area (Å²) in [6, 6.07) is 0.560. The predicted octanol–water partition coefficient (Wildman–Crippen LogP) is 2.02. The summed E-state index contributed by atoms with van der Waals surface area (Å²) in [4.78, 5) is 0. The third-order valence-electron chi connectivity index (χ3n) is 1.72. The van der Waals surface area contributed by atoms with Gasteiger partial charge in [-0.05, 0) is 5.41 Å². The Morgan fingerprint density at radius 1 is 1.60 bits per heavy atom. The van der Waals surface area contributed by atoms with Gasteiger partial charge in [-0.25, -0.2) is 0 Å². The molecule has 0 aromatic heterocycles. The highest BCUT2D eigenvalue weighted by Gasteiger charge is 2.29. The molecular weight excluding hydrogens is 162 g/mol. The van der Waals surface area contributed by atoms with Crippen LogP contribution < -0.4 is 5.32 Å². The van der Waals surface area contributed by atoms with Crippen LogP contribution in [0.15, 0.2) is 0 Å². The first-order chi connectivity index (χ1) is 4.50. The minimum atomic E-state index is 0.341. The van der Waals surface area contributed by atoms with Gasteiger partial charge < -0.3 is 5.32 Å². The van der Waals surface area contributed by atoms with E-state index in [0.717, 1.165) is 10.1 Å². The lowest BCUT2D eigenvalue weighted by atomic mass is 9.88. The van der Waals surface area contributed by atoms with Crippen molar-refractivity contribution in [1.82, 2.24) is 5.32 Å². The van der Waals surface area contributed by atoms with Crippen molar-refractivity contribution in [3.63, 3.8) is 0 Å². The summed E-state index contributed by atoms with van der Waals surface area (Å²) in [7, 11) is 0. The quantitative estimate of drug-likeness (QED) is 0.566. The Morgan fingerprint density at radius 2 is 2.20 bits per heavy atom. The number of nitrogens with one attached hydrogen (secondary N) is 1. The van der Waals surface area contributed by atoms with Crippen molar-refractivity contribution in [2.75, 3.05) is 5.75 Å². The summed E-state index contributed by atoms with van der Waals surface area (Å²) < 4.78 is 0.958. The number of hydrogen-bond acceptors (Lipinski definition) is 2. The molecule has 1 fully saturated rings. The molecule has 58 valence electrons. The van der Waals surface area contributed by atoms with Gasteiger partial charge in [0.15, 0.2) is 0 Å². The zero-order chi connectivity index (χ0) is 7.78. The second-order valence-electron chi connectivity index (χ2n) is 3.66. The molecule has 0 aromatic carbocycles. The molecule has 0 amide bonds. The summed E-state index contributed by atoms with van der Waals surface area (Å²) in [5, 5.41) is 3.29. The normalized spacial score (nSPS) is 26.7. The van der Waals surface area contributed by atoms with Crippen LogP contribution in [0.1, 0.15) is 20.8 Å². The lowest BCUT2D eigenvalue weighted by molar-refractivity contribution is 0.326. The lowest BCUT2D eigenvalue weighted by Crippen LogP contribution is -2.38. The number of rotatable bonds is 0. The maximum atomic E-state index is 5.02. The fourth-order valence-electron chi connectivity index (χ4n) is 0.851. The highest BCUT2D eigenvalue weighted by molar-refractivity contribution is 8.23.